The van der Waals surface area contributed by atoms with E-state index in [-0.39, 0.29) is 12.5 Å². The van der Waals surface area contributed by atoms with Gasteiger partial charge in [-0.25, -0.2) is 0 Å². The van der Waals surface area contributed by atoms with Crippen LogP contribution < -0.4 is 10.6 Å². The van der Waals surface area contributed by atoms with Crippen molar-refractivity contribution < 1.29 is 9.90 Å². The van der Waals surface area contributed by atoms with Crippen LogP contribution in [-0.4, -0.2) is 37.3 Å². The Morgan fingerprint density at radius 1 is 0.950 bits per heavy atom. The summed E-state index contributed by atoms with van der Waals surface area (Å²) in [5, 5.41) is 14.6. The van der Waals surface area contributed by atoms with E-state index >= 15 is 0 Å². The van der Waals surface area contributed by atoms with Crippen molar-refractivity contribution in [3.8, 4) is 0 Å². The van der Waals surface area contributed by atoms with Crippen molar-refractivity contribution in [1.29, 1.82) is 0 Å². The van der Waals surface area contributed by atoms with Crippen LogP contribution >= 0.6 is 0 Å². The van der Waals surface area contributed by atoms with Crippen LogP contribution in [-0.2, 0) is 4.79 Å². The number of carbonyl (C=O) groups is 1. The second kappa shape index (κ2) is 14.8. The molecule has 1 amide bonds. The Morgan fingerprint density at radius 2 is 1.45 bits per heavy atom. The largest absolute Gasteiger partial charge is 0.394 e. The number of unbranched alkanes of at least 4 members (excludes halogenated alkanes) is 9. The molecule has 0 aliphatic carbocycles. The van der Waals surface area contributed by atoms with Gasteiger partial charge < -0.3 is 15.7 Å². The van der Waals surface area contributed by atoms with Crippen LogP contribution in [0, 0.1) is 0 Å². The first-order valence-corrected chi connectivity index (χ1v) is 8.32. The molecule has 0 bridgehead atoms. The maximum atomic E-state index is 11.5. The number of hydrogen-bond donors (Lipinski definition) is 3. The van der Waals surface area contributed by atoms with E-state index in [9.17, 15) is 4.79 Å². The molecule has 4 heteroatoms. The molecule has 0 aliphatic heterocycles. The Hall–Kier alpha value is -0.610. The van der Waals surface area contributed by atoms with Gasteiger partial charge in [-0.3, -0.25) is 4.79 Å². The van der Waals surface area contributed by atoms with E-state index in [0.717, 1.165) is 6.42 Å². The van der Waals surface area contributed by atoms with Crippen molar-refractivity contribution in [3.63, 3.8) is 0 Å². The smallest absolute Gasteiger partial charge is 0.239 e. The minimum atomic E-state index is -0.474. The minimum absolute atomic E-state index is 0.106. The van der Waals surface area contributed by atoms with E-state index in [1.807, 2.05) is 0 Å². The molecule has 0 saturated heterocycles. The van der Waals surface area contributed by atoms with Crippen molar-refractivity contribution in [3.05, 3.63) is 0 Å². The normalized spacial score (nSPS) is 12.3. The number of rotatable bonds is 14. The summed E-state index contributed by atoms with van der Waals surface area (Å²) in [4.78, 5) is 11.5. The van der Waals surface area contributed by atoms with E-state index in [1.54, 1.807) is 7.05 Å². The third kappa shape index (κ3) is 11.2. The molecule has 3 N–H and O–H groups in total. The fraction of sp³-hybridized carbons (Fsp3) is 0.938. The number of nitrogens with one attached hydrogen (secondary N) is 2. The Balaban J connectivity index is 3.22. The zero-order valence-electron chi connectivity index (χ0n) is 13.4. The van der Waals surface area contributed by atoms with Crippen LogP contribution in [0.4, 0.5) is 0 Å². The second-order valence-corrected chi connectivity index (χ2v) is 5.50. The molecule has 1 atom stereocenters. The van der Waals surface area contributed by atoms with Crippen molar-refractivity contribution in [1.82, 2.24) is 10.6 Å². The number of aliphatic hydroxyl groups is 1. The highest BCUT2D eigenvalue weighted by molar-refractivity contribution is 5.81. The monoisotopic (exact) mass is 286 g/mol. The summed E-state index contributed by atoms with van der Waals surface area (Å²) in [6.45, 7) is 2.81. The minimum Gasteiger partial charge on any atom is -0.394 e. The van der Waals surface area contributed by atoms with Crippen molar-refractivity contribution in [2.24, 2.45) is 0 Å². The van der Waals surface area contributed by atoms with Gasteiger partial charge in [0.1, 0.15) is 6.04 Å². The predicted octanol–water partition coefficient (Wildman–Crippen LogP) is 2.60. The van der Waals surface area contributed by atoms with Crippen LogP contribution in [0.15, 0.2) is 0 Å². The van der Waals surface area contributed by atoms with E-state index in [2.05, 4.69) is 17.6 Å². The number of likely N-dealkylation sites (N-methyl/N-ethyl adjacent to an activating group) is 1. The number of aliphatic hydroxyl groups excluding tert-OH is 1. The summed E-state index contributed by atoms with van der Waals surface area (Å²) in [6.07, 6.45) is 13.0. The molecule has 0 aliphatic rings. The van der Waals surface area contributed by atoms with E-state index in [1.165, 1.54) is 57.8 Å². The fourth-order valence-electron chi connectivity index (χ4n) is 2.25. The van der Waals surface area contributed by atoms with Gasteiger partial charge >= 0.3 is 0 Å². The van der Waals surface area contributed by atoms with E-state index in [4.69, 9.17) is 5.11 Å². The first-order chi connectivity index (χ1) is 9.76. The molecule has 0 heterocycles. The summed E-state index contributed by atoms with van der Waals surface area (Å²) >= 11 is 0. The van der Waals surface area contributed by atoms with Gasteiger partial charge in [0.05, 0.1) is 6.61 Å². The van der Waals surface area contributed by atoms with Gasteiger partial charge in [-0.15, -0.1) is 0 Å². The molecule has 0 rings (SSSR count). The van der Waals surface area contributed by atoms with Crippen LogP contribution in [0.3, 0.4) is 0 Å². The second-order valence-electron chi connectivity index (χ2n) is 5.50. The maximum Gasteiger partial charge on any atom is 0.239 e. The molecular weight excluding hydrogens is 252 g/mol. The SMILES string of the molecule is CCCCCCCCCCCCNC(=O)[C@H](CO)NC. The molecule has 0 aromatic carbocycles. The van der Waals surface area contributed by atoms with Gasteiger partial charge in [0.25, 0.3) is 0 Å². The van der Waals surface area contributed by atoms with Crippen LogP contribution in [0.1, 0.15) is 71.1 Å². The number of carbonyl (C=O) groups excluding carboxylic acids is 1. The lowest BCUT2D eigenvalue weighted by molar-refractivity contribution is -0.123. The third-order valence-corrected chi connectivity index (χ3v) is 3.68. The molecule has 0 radical (unpaired) electrons. The van der Waals surface area contributed by atoms with E-state index in [0.29, 0.717) is 6.54 Å². The Kier molecular flexibility index (Phi) is 14.3. The summed E-state index contributed by atoms with van der Waals surface area (Å²) < 4.78 is 0. The van der Waals surface area contributed by atoms with Crippen LogP contribution in [0.25, 0.3) is 0 Å². The fourth-order valence-corrected chi connectivity index (χ4v) is 2.25. The molecular formula is C16H34N2O2. The summed E-state index contributed by atoms with van der Waals surface area (Å²) in [6, 6.07) is -0.474. The lowest BCUT2D eigenvalue weighted by Gasteiger charge is -2.12. The Labute approximate surface area is 124 Å². The third-order valence-electron chi connectivity index (χ3n) is 3.68. The van der Waals surface area contributed by atoms with Gasteiger partial charge in [-0.2, -0.15) is 0 Å². The standard InChI is InChI=1S/C16H34N2O2/c1-3-4-5-6-7-8-9-10-11-12-13-18-16(20)15(14-19)17-2/h15,17,19H,3-14H2,1-2H3,(H,18,20)/t15-/m0/s1. The Bertz CT molecular complexity index is 219. The van der Waals surface area contributed by atoms with Crippen molar-refractivity contribution in [2.45, 2.75) is 77.2 Å². The molecule has 20 heavy (non-hydrogen) atoms. The number of amides is 1. The highest BCUT2D eigenvalue weighted by Gasteiger charge is 2.13. The van der Waals surface area contributed by atoms with Gasteiger partial charge in [-0.05, 0) is 13.5 Å². The molecule has 0 unspecified atom stereocenters. The van der Waals surface area contributed by atoms with E-state index < -0.39 is 6.04 Å². The first kappa shape index (κ1) is 19.4. The predicted molar refractivity (Wildman–Crippen MR) is 84.8 cm³/mol. The molecule has 0 aromatic rings. The molecule has 120 valence electrons. The zero-order valence-corrected chi connectivity index (χ0v) is 13.4. The first-order valence-electron chi connectivity index (χ1n) is 8.32. The quantitative estimate of drug-likeness (QED) is 0.430. The topological polar surface area (TPSA) is 61.4 Å². The molecule has 0 fully saturated rings. The molecule has 0 spiro atoms. The lowest BCUT2D eigenvalue weighted by atomic mass is 10.1. The average molecular weight is 286 g/mol. The number of hydrogen-bond acceptors (Lipinski definition) is 3. The maximum absolute atomic E-state index is 11.5. The van der Waals surface area contributed by atoms with Crippen LogP contribution in [0.5, 0.6) is 0 Å². The molecule has 0 aromatic heterocycles. The average Bonchev–Trinajstić information content (AvgIpc) is 2.46. The van der Waals surface area contributed by atoms with Gasteiger partial charge in [-0.1, -0.05) is 64.7 Å². The highest BCUT2D eigenvalue weighted by atomic mass is 16.3. The van der Waals surface area contributed by atoms with Crippen molar-refractivity contribution >= 4 is 5.91 Å². The van der Waals surface area contributed by atoms with Gasteiger partial charge in [0, 0.05) is 6.54 Å². The van der Waals surface area contributed by atoms with Crippen LogP contribution in [0.2, 0.25) is 0 Å². The Morgan fingerprint density at radius 3 is 1.90 bits per heavy atom. The van der Waals surface area contributed by atoms with Crippen molar-refractivity contribution in [2.75, 3.05) is 20.2 Å². The lowest BCUT2D eigenvalue weighted by Crippen LogP contribution is -2.45. The molecule has 4 nitrogen and oxygen atoms in total. The summed E-state index contributed by atoms with van der Waals surface area (Å²) in [7, 11) is 1.68. The van der Waals surface area contributed by atoms with Gasteiger partial charge in [0.2, 0.25) is 5.91 Å². The van der Waals surface area contributed by atoms with Gasteiger partial charge in [0.15, 0.2) is 0 Å². The highest BCUT2D eigenvalue weighted by Crippen LogP contribution is 2.10. The summed E-state index contributed by atoms with van der Waals surface area (Å²) in [5.41, 5.74) is 0. The summed E-state index contributed by atoms with van der Waals surface area (Å²) in [5.74, 6) is -0.106. The zero-order chi connectivity index (χ0) is 15.1. The molecule has 0 saturated carbocycles.